The first-order chi connectivity index (χ1) is 24.9. The molecule has 2 amide bonds. The topological polar surface area (TPSA) is 128 Å². The smallest absolute Gasteiger partial charge is 0.321 e. The van der Waals surface area contributed by atoms with E-state index in [0.717, 1.165) is 38.7 Å². The van der Waals surface area contributed by atoms with Crippen molar-refractivity contribution in [2.45, 2.75) is 62.2 Å². The third-order valence-corrected chi connectivity index (χ3v) is 10.6. The zero-order valence-electron chi connectivity index (χ0n) is 28.2. The summed E-state index contributed by atoms with van der Waals surface area (Å²) in [6.45, 7) is 0.832. The first kappa shape index (κ1) is 32.6. The van der Waals surface area contributed by atoms with E-state index < -0.39 is 23.8 Å². The molecule has 1 aromatic heterocycles. The zero-order valence-corrected chi connectivity index (χ0v) is 28.2. The van der Waals surface area contributed by atoms with Crippen LogP contribution in [0.5, 0.6) is 5.75 Å². The summed E-state index contributed by atoms with van der Waals surface area (Å²) in [5.74, 6) is 0.904. The third kappa shape index (κ3) is 6.30. The molecule has 258 valence electrons. The van der Waals surface area contributed by atoms with Gasteiger partial charge in [0.2, 0.25) is 0 Å². The minimum atomic E-state index is -1.23. The summed E-state index contributed by atoms with van der Waals surface area (Å²) in [6.07, 6.45) is -1.55. The van der Waals surface area contributed by atoms with Crippen molar-refractivity contribution in [3.05, 3.63) is 161 Å². The number of H-pyrrole nitrogens is 1. The number of ether oxygens (including phenoxy) is 1. The van der Waals surface area contributed by atoms with Gasteiger partial charge in [-0.2, -0.15) is 5.10 Å². The van der Waals surface area contributed by atoms with Gasteiger partial charge in [0.05, 0.1) is 17.1 Å². The molecule has 1 aliphatic carbocycles. The van der Waals surface area contributed by atoms with Crippen LogP contribution in [0, 0.1) is 0 Å². The van der Waals surface area contributed by atoms with Crippen molar-refractivity contribution < 1.29 is 19.7 Å². The number of nitrogens with zero attached hydrogens (tertiary/aromatic N) is 3. The van der Waals surface area contributed by atoms with Gasteiger partial charge in [0.25, 0.3) is 0 Å². The molecule has 1 spiro atoms. The van der Waals surface area contributed by atoms with E-state index in [4.69, 9.17) is 10.5 Å². The Morgan fingerprint density at radius 1 is 0.784 bits per heavy atom. The summed E-state index contributed by atoms with van der Waals surface area (Å²) < 4.78 is 6.17. The van der Waals surface area contributed by atoms with Gasteiger partial charge in [0, 0.05) is 24.4 Å². The van der Waals surface area contributed by atoms with Gasteiger partial charge in [0.1, 0.15) is 24.6 Å². The number of anilines is 1. The van der Waals surface area contributed by atoms with Gasteiger partial charge in [-0.15, -0.1) is 0 Å². The van der Waals surface area contributed by atoms with Crippen LogP contribution in [-0.2, 0) is 26.1 Å². The normalized spacial score (nSPS) is 23.1. The molecule has 5 atom stereocenters. The molecule has 6 aromatic rings. The highest BCUT2D eigenvalue weighted by molar-refractivity contribution is 5.89. The Morgan fingerprint density at radius 2 is 1.45 bits per heavy atom. The van der Waals surface area contributed by atoms with Gasteiger partial charge >= 0.3 is 6.03 Å². The number of hydrogen-bond acceptors (Lipinski definition) is 6. The Bertz CT molecular complexity index is 2130. The highest BCUT2D eigenvalue weighted by Gasteiger charge is 2.68. The molecule has 5 N–H and O–H groups in total. The van der Waals surface area contributed by atoms with Crippen molar-refractivity contribution >= 4 is 22.8 Å². The highest BCUT2D eigenvalue weighted by Crippen LogP contribution is 2.60. The Labute approximate surface area is 296 Å². The quantitative estimate of drug-likeness (QED) is 0.132. The fourth-order valence-corrected chi connectivity index (χ4v) is 7.83. The van der Waals surface area contributed by atoms with E-state index in [1.165, 1.54) is 0 Å². The molecule has 8 rings (SSSR count). The van der Waals surface area contributed by atoms with Crippen molar-refractivity contribution in [2.75, 3.05) is 5.73 Å². The lowest BCUT2D eigenvalue weighted by molar-refractivity contribution is -0.0502. The molecule has 1 saturated heterocycles. The van der Waals surface area contributed by atoms with Crippen LogP contribution >= 0.6 is 0 Å². The molecule has 51 heavy (non-hydrogen) atoms. The lowest BCUT2D eigenvalue weighted by atomic mass is 9.90. The first-order valence-electron chi connectivity index (χ1n) is 17.4. The number of aliphatic hydroxyl groups excluding tert-OH is 2. The molecule has 2 fully saturated rings. The van der Waals surface area contributed by atoms with Gasteiger partial charge in [-0.1, -0.05) is 109 Å². The summed E-state index contributed by atoms with van der Waals surface area (Å²) in [7, 11) is 0. The number of hydrogen-bond donors (Lipinski definition) is 4. The molecule has 1 aliphatic heterocycles. The van der Waals surface area contributed by atoms with E-state index in [2.05, 4.69) is 10.2 Å². The SMILES string of the molecule is Nc1n[nH]c2ccc(CN3C(=O)N(Cc4cccc(OCc5ccccc5)c4)C4(CC4c4ccccc4)[C@H](O)[C@@H](O)[C@H]3Cc3ccccc3)cc12. The predicted octanol–water partition coefficient (Wildman–Crippen LogP) is 6.42. The van der Waals surface area contributed by atoms with Gasteiger partial charge in [-0.25, -0.2) is 4.79 Å². The van der Waals surface area contributed by atoms with Crippen LogP contribution in [0.2, 0.25) is 0 Å². The van der Waals surface area contributed by atoms with Crippen LogP contribution in [0.25, 0.3) is 10.9 Å². The molecule has 9 nitrogen and oxygen atoms in total. The second kappa shape index (κ2) is 13.6. The Kier molecular flexibility index (Phi) is 8.67. The molecule has 9 heteroatoms. The number of aromatic nitrogens is 2. The van der Waals surface area contributed by atoms with Crippen molar-refractivity contribution in [1.29, 1.82) is 0 Å². The maximum Gasteiger partial charge on any atom is 0.321 e. The number of amides is 2. The number of nitrogens with two attached hydrogens (primary N) is 1. The summed E-state index contributed by atoms with van der Waals surface area (Å²) in [5.41, 5.74) is 10.7. The number of benzene rings is 5. The molecule has 0 bridgehead atoms. The average Bonchev–Trinajstić information content (AvgIpc) is 3.84. The fraction of sp³-hybridized carbons (Fsp3) is 0.238. The lowest BCUT2D eigenvalue weighted by Crippen LogP contribution is -2.52. The summed E-state index contributed by atoms with van der Waals surface area (Å²) in [5, 5.41) is 32.5. The molecule has 1 saturated carbocycles. The number of carbonyl (C=O) groups excluding carboxylic acids is 1. The van der Waals surface area contributed by atoms with E-state index in [1.54, 1.807) is 4.90 Å². The molecule has 2 aliphatic rings. The van der Waals surface area contributed by atoms with Crippen LogP contribution in [0.4, 0.5) is 10.6 Å². The molecule has 2 heterocycles. The Morgan fingerprint density at radius 3 is 2.20 bits per heavy atom. The number of rotatable bonds is 10. The number of aliphatic hydroxyl groups is 2. The van der Waals surface area contributed by atoms with Gasteiger partial charge in [-0.05, 0) is 64.9 Å². The van der Waals surface area contributed by atoms with Crippen LogP contribution in [0.15, 0.2) is 133 Å². The van der Waals surface area contributed by atoms with Gasteiger partial charge in [0.15, 0.2) is 5.82 Å². The average molecular weight is 680 g/mol. The van der Waals surface area contributed by atoms with E-state index in [-0.39, 0.29) is 25.0 Å². The Hall–Kier alpha value is -5.64. The number of carbonyl (C=O) groups is 1. The van der Waals surface area contributed by atoms with Crippen LogP contribution < -0.4 is 10.5 Å². The van der Waals surface area contributed by atoms with Crippen molar-refractivity contribution in [1.82, 2.24) is 20.0 Å². The molecular formula is C42H41N5O4. The minimum absolute atomic E-state index is 0.163. The number of fused-ring (bicyclic) bond motifs is 1. The monoisotopic (exact) mass is 679 g/mol. The number of aromatic amines is 1. The molecule has 5 aromatic carbocycles. The summed E-state index contributed by atoms with van der Waals surface area (Å²) in [4.78, 5) is 18.9. The van der Waals surface area contributed by atoms with E-state index in [9.17, 15) is 10.2 Å². The second-order valence-electron chi connectivity index (χ2n) is 13.8. The van der Waals surface area contributed by atoms with E-state index >= 15 is 4.79 Å². The maximum absolute atomic E-state index is 15.3. The van der Waals surface area contributed by atoms with E-state index in [1.807, 2.05) is 138 Å². The fourth-order valence-electron chi connectivity index (χ4n) is 7.83. The Balaban J connectivity index is 1.19. The molecule has 2 unspecified atom stereocenters. The third-order valence-electron chi connectivity index (χ3n) is 10.6. The van der Waals surface area contributed by atoms with Crippen molar-refractivity contribution in [2.24, 2.45) is 0 Å². The van der Waals surface area contributed by atoms with Gasteiger partial charge in [-0.3, -0.25) is 5.10 Å². The number of nitrogens with one attached hydrogen (secondary N) is 1. The first-order valence-corrected chi connectivity index (χ1v) is 17.4. The standard InChI is InChI=1S/C42H41N5O4/c43-40-34-22-31(19-20-36(34)44-45-40)25-46-37(23-28-11-4-1-5-12-28)38(48)39(49)42(24-35(42)32-16-8-3-9-17-32)47(41(46)50)26-30-15-10-18-33(21-30)51-27-29-13-6-2-7-14-29/h1-22,35,37-39,48-49H,23-27H2,(H3,43,44,45)/t35?,37-,38+,39-,42?/m1/s1. The lowest BCUT2D eigenvalue weighted by Gasteiger charge is -2.36. The predicted molar refractivity (Wildman–Crippen MR) is 197 cm³/mol. The minimum Gasteiger partial charge on any atom is -0.489 e. The van der Waals surface area contributed by atoms with Crippen LogP contribution in [-0.4, -0.2) is 60.0 Å². The largest absolute Gasteiger partial charge is 0.489 e. The van der Waals surface area contributed by atoms with Crippen molar-refractivity contribution in [3.63, 3.8) is 0 Å². The highest BCUT2D eigenvalue weighted by atomic mass is 16.5. The molecular weight excluding hydrogens is 638 g/mol. The number of nitrogen functional groups attached to an aromatic ring is 1. The number of urea groups is 1. The van der Waals surface area contributed by atoms with Crippen LogP contribution in [0.1, 0.15) is 40.2 Å². The van der Waals surface area contributed by atoms with Crippen molar-refractivity contribution in [3.8, 4) is 5.75 Å². The zero-order chi connectivity index (χ0) is 35.0. The van der Waals surface area contributed by atoms with E-state index in [0.29, 0.717) is 31.0 Å². The second-order valence-corrected chi connectivity index (χ2v) is 13.8. The molecule has 0 radical (unpaired) electrons. The summed E-state index contributed by atoms with van der Waals surface area (Å²) >= 11 is 0. The summed E-state index contributed by atoms with van der Waals surface area (Å²) in [6, 6.07) is 42.4. The van der Waals surface area contributed by atoms with Crippen LogP contribution in [0.3, 0.4) is 0 Å². The maximum atomic E-state index is 15.3. The van der Waals surface area contributed by atoms with Gasteiger partial charge < -0.3 is 30.5 Å².